The summed E-state index contributed by atoms with van der Waals surface area (Å²) in [5.41, 5.74) is 5.26. The van der Waals surface area contributed by atoms with Crippen molar-refractivity contribution in [1.29, 1.82) is 0 Å². The highest BCUT2D eigenvalue weighted by Crippen LogP contribution is 2.47. The minimum Gasteiger partial charge on any atom is -0.493 e. The lowest BCUT2D eigenvalue weighted by molar-refractivity contribution is -0.116. The zero-order valence-electron chi connectivity index (χ0n) is 17.6. The maximum atomic E-state index is 12.8. The quantitative estimate of drug-likeness (QED) is 0.504. The predicted molar refractivity (Wildman–Crippen MR) is 122 cm³/mol. The summed E-state index contributed by atoms with van der Waals surface area (Å²) in [6, 6.07) is 20.4. The molecule has 2 aliphatic rings. The Kier molecular flexibility index (Phi) is 4.31. The van der Waals surface area contributed by atoms with Crippen LogP contribution in [0, 0.1) is 0 Å². The van der Waals surface area contributed by atoms with Gasteiger partial charge in [0, 0.05) is 30.5 Å². The Morgan fingerprint density at radius 3 is 2.81 bits per heavy atom. The zero-order chi connectivity index (χ0) is 21.7. The second kappa shape index (κ2) is 7.34. The number of carbonyl (C=O) groups excluding carboxylic acids is 1. The highest BCUT2D eigenvalue weighted by Gasteiger charge is 2.30. The summed E-state index contributed by atoms with van der Waals surface area (Å²) in [4.78, 5) is 12.8. The van der Waals surface area contributed by atoms with Crippen LogP contribution in [0.2, 0.25) is 0 Å². The smallest absolute Gasteiger partial charge is 0.231 e. The van der Waals surface area contributed by atoms with E-state index in [1.807, 2.05) is 30.3 Å². The summed E-state index contributed by atoms with van der Waals surface area (Å²) in [5.74, 6) is 1.73. The van der Waals surface area contributed by atoms with E-state index in [1.54, 1.807) is 7.11 Å². The van der Waals surface area contributed by atoms with Gasteiger partial charge in [-0.2, -0.15) is 0 Å². The van der Waals surface area contributed by atoms with E-state index in [2.05, 4.69) is 46.4 Å². The molecule has 0 aliphatic carbocycles. The summed E-state index contributed by atoms with van der Waals surface area (Å²) in [5, 5.41) is 4.18. The fourth-order valence-electron chi connectivity index (χ4n) is 4.81. The van der Waals surface area contributed by atoms with Gasteiger partial charge in [0.15, 0.2) is 11.5 Å². The normalized spacial score (nSPS) is 16.7. The van der Waals surface area contributed by atoms with Gasteiger partial charge in [-0.3, -0.25) is 4.79 Å². The molecule has 1 unspecified atom stereocenters. The van der Waals surface area contributed by atoms with Gasteiger partial charge < -0.3 is 24.1 Å². The third kappa shape index (κ3) is 2.99. The van der Waals surface area contributed by atoms with Crippen LogP contribution >= 0.6 is 0 Å². The molecule has 1 aromatic heterocycles. The molecule has 1 amide bonds. The molecule has 160 valence electrons. The number of hydrogen-bond acceptors (Lipinski definition) is 4. The Morgan fingerprint density at radius 1 is 1.09 bits per heavy atom. The van der Waals surface area contributed by atoms with E-state index in [0.717, 1.165) is 34.3 Å². The van der Waals surface area contributed by atoms with Crippen LogP contribution in [0.25, 0.3) is 10.9 Å². The number of benzene rings is 3. The summed E-state index contributed by atoms with van der Waals surface area (Å²) in [6.07, 6.45) is 2.52. The predicted octanol–water partition coefficient (Wildman–Crippen LogP) is 4.90. The molecule has 1 atom stereocenters. The molecule has 6 nitrogen and oxygen atoms in total. The molecule has 0 fully saturated rings. The van der Waals surface area contributed by atoms with Crippen molar-refractivity contribution in [3.05, 3.63) is 83.6 Å². The molecule has 32 heavy (non-hydrogen) atoms. The van der Waals surface area contributed by atoms with Crippen LogP contribution < -0.4 is 19.5 Å². The molecule has 6 rings (SSSR count). The van der Waals surface area contributed by atoms with E-state index in [1.165, 1.54) is 5.56 Å². The highest BCUT2D eigenvalue weighted by atomic mass is 16.7. The topological polar surface area (TPSA) is 61.7 Å². The fourth-order valence-corrected chi connectivity index (χ4v) is 4.81. The van der Waals surface area contributed by atoms with E-state index < -0.39 is 0 Å². The van der Waals surface area contributed by atoms with Crippen molar-refractivity contribution in [2.24, 2.45) is 0 Å². The minimum atomic E-state index is -0.137. The first-order valence-electron chi connectivity index (χ1n) is 10.6. The van der Waals surface area contributed by atoms with Crippen molar-refractivity contribution in [1.82, 2.24) is 4.57 Å². The number of nitrogens with one attached hydrogen (secondary N) is 1. The lowest BCUT2D eigenvalue weighted by atomic mass is 9.88. The third-order valence-electron chi connectivity index (χ3n) is 6.25. The van der Waals surface area contributed by atoms with Crippen molar-refractivity contribution in [3.63, 3.8) is 0 Å². The molecule has 0 bridgehead atoms. The molecule has 2 aliphatic heterocycles. The van der Waals surface area contributed by atoms with Crippen LogP contribution in [0.4, 0.5) is 5.69 Å². The van der Waals surface area contributed by atoms with Gasteiger partial charge in [0.05, 0.1) is 18.3 Å². The van der Waals surface area contributed by atoms with E-state index in [-0.39, 0.29) is 18.6 Å². The molecule has 1 N–H and O–H groups in total. The Labute approximate surface area is 185 Å². The number of amides is 1. The van der Waals surface area contributed by atoms with Crippen LogP contribution in [0.15, 0.2) is 66.9 Å². The van der Waals surface area contributed by atoms with Crippen LogP contribution in [0.1, 0.15) is 29.0 Å². The number of anilines is 1. The summed E-state index contributed by atoms with van der Waals surface area (Å²) >= 11 is 0. The second-order valence-electron chi connectivity index (χ2n) is 8.16. The SMILES string of the molecule is COc1cc(C2CC(=O)Nc3cccc4c3c2cn4Cc2ccccc2)cc2c1OCO2. The lowest BCUT2D eigenvalue weighted by Crippen LogP contribution is -2.14. The van der Waals surface area contributed by atoms with Gasteiger partial charge in [0.25, 0.3) is 0 Å². The van der Waals surface area contributed by atoms with Crippen LogP contribution in [0.3, 0.4) is 0 Å². The first-order chi connectivity index (χ1) is 15.7. The highest BCUT2D eigenvalue weighted by molar-refractivity contribution is 6.06. The van der Waals surface area contributed by atoms with Crippen molar-refractivity contribution >= 4 is 22.5 Å². The Balaban J connectivity index is 1.53. The maximum Gasteiger partial charge on any atom is 0.231 e. The molecule has 6 heteroatoms. The number of nitrogens with zero attached hydrogens (tertiary/aromatic N) is 1. The van der Waals surface area contributed by atoms with Crippen LogP contribution in [-0.2, 0) is 11.3 Å². The molecule has 0 spiro atoms. The molecular weight excluding hydrogens is 404 g/mol. The fraction of sp³-hybridized carbons (Fsp3) is 0.192. The first-order valence-corrected chi connectivity index (χ1v) is 10.6. The van der Waals surface area contributed by atoms with Crippen LogP contribution in [0.5, 0.6) is 17.2 Å². The molecular formula is C26H22N2O4. The van der Waals surface area contributed by atoms with E-state index in [0.29, 0.717) is 23.7 Å². The van der Waals surface area contributed by atoms with E-state index >= 15 is 0 Å². The number of methoxy groups -OCH3 is 1. The summed E-state index contributed by atoms with van der Waals surface area (Å²) in [7, 11) is 1.62. The zero-order valence-corrected chi connectivity index (χ0v) is 17.6. The van der Waals surface area contributed by atoms with Gasteiger partial charge >= 0.3 is 0 Å². The average Bonchev–Trinajstić information content (AvgIpc) is 3.39. The van der Waals surface area contributed by atoms with Gasteiger partial charge in [-0.1, -0.05) is 36.4 Å². The Bertz CT molecular complexity index is 1340. The van der Waals surface area contributed by atoms with Crippen molar-refractivity contribution < 1.29 is 19.0 Å². The van der Waals surface area contributed by atoms with E-state index in [4.69, 9.17) is 14.2 Å². The average molecular weight is 426 g/mol. The number of fused-ring (bicyclic) bond motifs is 1. The number of hydrogen-bond donors (Lipinski definition) is 1. The lowest BCUT2D eigenvalue weighted by Gasteiger charge is -2.16. The van der Waals surface area contributed by atoms with Crippen molar-refractivity contribution in [2.75, 3.05) is 19.2 Å². The number of aromatic nitrogens is 1. The molecule has 4 aromatic rings. The van der Waals surface area contributed by atoms with Gasteiger partial charge in [0.1, 0.15) is 0 Å². The molecule has 0 radical (unpaired) electrons. The Morgan fingerprint density at radius 2 is 1.97 bits per heavy atom. The number of carbonyl (C=O) groups is 1. The van der Waals surface area contributed by atoms with Crippen LogP contribution in [-0.4, -0.2) is 24.4 Å². The van der Waals surface area contributed by atoms with Crippen molar-refractivity contribution in [2.45, 2.75) is 18.9 Å². The monoisotopic (exact) mass is 426 g/mol. The van der Waals surface area contributed by atoms with Gasteiger partial charge in [0.2, 0.25) is 18.4 Å². The largest absolute Gasteiger partial charge is 0.493 e. The maximum absolute atomic E-state index is 12.8. The summed E-state index contributed by atoms with van der Waals surface area (Å²) in [6.45, 7) is 0.923. The van der Waals surface area contributed by atoms with Crippen molar-refractivity contribution in [3.8, 4) is 17.2 Å². The Hall–Kier alpha value is -3.93. The molecule has 3 heterocycles. The standard InChI is InChI=1S/C26H22N2O4/c1-30-22-10-17(11-23-26(22)32-15-31-23)18-12-24(29)27-20-8-5-9-21-25(20)19(18)14-28(21)13-16-6-3-2-4-7-16/h2-11,14,18H,12-13,15H2,1H3,(H,27,29). The summed E-state index contributed by atoms with van der Waals surface area (Å²) < 4.78 is 19.0. The first kappa shape index (κ1) is 18.8. The van der Waals surface area contributed by atoms with Gasteiger partial charge in [-0.25, -0.2) is 0 Å². The number of rotatable bonds is 4. The second-order valence-corrected chi connectivity index (χ2v) is 8.16. The van der Waals surface area contributed by atoms with Gasteiger partial charge in [-0.15, -0.1) is 0 Å². The van der Waals surface area contributed by atoms with E-state index in [9.17, 15) is 4.79 Å². The molecule has 0 saturated carbocycles. The van der Waals surface area contributed by atoms with Gasteiger partial charge in [-0.05, 0) is 41.0 Å². The number of ether oxygens (including phenoxy) is 3. The third-order valence-corrected chi connectivity index (χ3v) is 6.25. The molecule has 0 saturated heterocycles. The molecule has 3 aromatic carbocycles. The minimum absolute atomic E-state index is 0.00931.